The molecular weight excluding hydrogens is 388 g/mol. The third-order valence-corrected chi connectivity index (χ3v) is 4.48. The summed E-state index contributed by atoms with van der Waals surface area (Å²) in [5, 5.41) is 8.19. The summed E-state index contributed by atoms with van der Waals surface area (Å²) in [7, 11) is 0. The molecule has 0 saturated heterocycles. The molecule has 0 radical (unpaired) electrons. The van der Waals surface area contributed by atoms with Crippen LogP contribution >= 0.6 is 11.6 Å². The van der Waals surface area contributed by atoms with Gasteiger partial charge in [0.1, 0.15) is 6.61 Å². The van der Waals surface area contributed by atoms with Gasteiger partial charge in [-0.3, -0.25) is 5.32 Å². The first-order valence-corrected chi connectivity index (χ1v) is 9.31. The van der Waals surface area contributed by atoms with E-state index in [2.05, 4.69) is 20.6 Å². The number of halogens is 1. The van der Waals surface area contributed by atoms with E-state index in [-0.39, 0.29) is 18.3 Å². The second-order valence-electron chi connectivity index (χ2n) is 6.23. The number of anilines is 2. The molecule has 0 fully saturated rings. The maximum absolute atomic E-state index is 12.5. The van der Waals surface area contributed by atoms with Crippen LogP contribution in [-0.4, -0.2) is 16.0 Å². The summed E-state index contributed by atoms with van der Waals surface area (Å²) in [5.41, 5.74) is 1.62. The smallest absolute Gasteiger partial charge is 0.325 e. The second kappa shape index (κ2) is 8.58. The first-order valence-electron chi connectivity index (χ1n) is 8.93. The lowest BCUT2D eigenvalue weighted by Crippen LogP contribution is -2.21. The third-order valence-electron chi connectivity index (χ3n) is 4.22. The highest BCUT2D eigenvalue weighted by molar-refractivity contribution is 6.30. The molecule has 4 rings (SSSR count). The number of hydrogen-bond acceptors (Lipinski definition) is 4. The van der Waals surface area contributed by atoms with Gasteiger partial charge in [-0.1, -0.05) is 60.1 Å². The molecule has 6 nitrogen and oxygen atoms in total. The van der Waals surface area contributed by atoms with Crippen LogP contribution in [0.3, 0.4) is 0 Å². The van der Waals surface area contributed by atoms with Crippen molar-refractivity contribution in [3.8, 4) is 5.88 Å². The van der Waals surface area contributed by atoms with Gasteiger partial charge < -0.3 is 10.1 Å². The molecule has 0 spiro atoms. The van der Waals surface area contributed by atoms with Gasteiger partial charge in [-0.25, -0.2) is 14.8 Å². The zero-order valence-corrected chi connectivity index (χ0v) is 16.1. The summed E-state index contributed by atoms with van der Waals surface area (Å²) in [4.78, 5) is 20.9. The number of hydrogen-bond donors (Lipinski definition) is 2. The van der Waals surface area contributed by atoms with Gasteiger partial charge >= 0.3 is 6.03 Å². The predicted molar refractivity (Wildman–Crippen MR) is 114 cm³/mol. The number of fused-ring (bicyclic) bond motifs is 1. The van der Waals surface area contributed by atoms with Crippen molar-refractivity contribution in [2.75, 3.05) is 10.6 Å². The molecule has 0 atom stereocenters. The summed E-state index contributed by atoms with van der Waals surface area (Å²) in [6, 6.07) is 20.4. The van der Waals surface area contributed by atoms with Crippen molar-refractivity contribution in [3.63, 3.8) is 0 Å². The van der Waals surface area contributed by atoms with Gasteiger partial charge in [0.15, 0.2) is 5.82 Å². The minimum absolute atomic E-state index is 0.232. The summed E-state index contributed by atoms with van der Waals surface area (Å²) in [6.07, 6.45) is 2.99. The number of aromatic nitrogens is 2. The van der Waals surface area contributed by atoms with E-state index in [1.165, 1.54) is 12.4 Å². The lowest BCUT2D eigenvalue weighted by molar-refractivity contribution is 0.261. The monoisotopic (exact) mass is 404 g/mol. The highest BCUT2D eigenvalue weighted by atomic mass is 35.5. The van der Waals surface area contributed by atoms with E-state index in [9.17, 15) is 4.79 Å². The number of urea groups is 1. The number of amides is 2. The fourth-order valence-corrected chi connectivity index (χ4v) is 2.97. The van der Waals surface area contributed by atoms with Crippen molar-refractivity contribution in [3.05, 3.63) is 89.7 Å². The Balaban J connectivity index is 1.46. The summed E-state index contributed by atoms with van der Waals surface area (Å²) in [6.45, 7) is 0.273. The number of carbonyl (C=O) groups is 1. The van der Waals surface area contributed by atoms with Crippen LogP contribution in [0, 0.1) is 0 Å². The molecule has 1 aromatic heterocycles. The van der Waals surface area contributed by atoms with Gasteiger partial charge in [0.05, 0.1) is 5.69 Å². The van der Waals surface area contributed by atoms with Gasteiger partial charge in [0, 0.05) is 22.8 Å². The Labute approximate surface area is 172 Å². The van der Waals surface area contributed by atoms with E-state index in [1.807, 2.05) is 54.6 Å². The molecule has 0 aliphatic rings. The zero-order chi connectivity index (χ0) is 20.1. The number of nitrogens with one attached hydrogen (secondary N) is 2. The number of benzene rings is 3. The average Bonchev–Trinajstić information content (AvgIpc) is 2.74. The Bertz CT molecular complexity index is 1140. The Morgan fingerprint density at radius 1 is 0.897 bits per heavy atom. The Morgan fingerprint density at radius 3 is 2.52 bits per heavy atom. The SMILES string of the molecule is O=C(Nc1nccnc1OCc1ccc(Cl)cc1)Nc1cccc2ccccc12. The number of nitrogens with zero attached hydrogens (tertiary/aromatic N) is 2. The van der Waals surface area contributed by atoms with Crippen LogP contribution in [0.5, 0.6) is 5.88 Å². The predicted octanol–water partition coefficient (Wildman–Crippen LogP) is 5.51. The summed E-state index contributed by atoms with van der Waals surface area (Å²) in [5.74, 6) is 0.467. The Hall–Kier alpha value is -3.64. The van der Waals surface area contributed by atoms with E-state index in [1.54, 1.807) is 12.1 Å². The lowest BCUT2D eigenvalue weighted by atomic mass is 10.1. The van der Waals surface area contributed by atoms with Crippen molar-refractivity contribution in [2.24, 2.45) is 0 Å². The fraction of sp³-hybridized carbons (Fsp3) is 0.0455. The van der Waals surface area contributed by atoms with E-state index in [4.69, 9.17) is 16.3 Å². The fourth-order valence-electron chi connectivity index (χ4n) is 2.84. The van der Waals surface area contributed by atoms with Crippen LogP contribution in [0.25, 0.3) is 10.8 Å². The van der Waals surface area contributed by atoms with Crippen molar-refractivity contribution in [1.82, 2.24) is 9.97 Å². The first-order chi connectivity index (χ1) is 14.2. The second-order valence-corrected chi connectivity index (χ2v) is 6.67. The van der Waals surface area contributed by atoms with Crippen LogP contribution in [0.4, 0.5) is 16.3 Å². The van der Waals surface area contributed by atoms with E-state index in [0.717, 1.165) is 16.3 Å². The van der Waals surface area contributed by atoms with Crippen LogP contribution in [0.1, 0.15) is 5.56 Å². The molecule has 144 valence electrons. The molecule has 0 bridgehead atoms. The maximum Gasteiger partial charge on any atom is 0.325 e. The first kappa shape index (κ1) is 18.7. The topological polar surface area (TPSA) is 76.1 Å². The van der Waals surface area contributed by atoms with Gasteiger partial charge in [0.25, 0.3) is 5.88 Å². The number of rotatable bonds is 5. The molecule has 4 aromatic rings. The third kappa shape index (κ3) is 4.62. The molecule has 0 aliphatic heterocycles. The molecular formula is C22H17ClN4O2. The molecule has 3 aromatic carbocycles. The number of carbonyl (C=O) groups excluding carboxylic acids is 1. The minimum Gasteiger partial charge on any atom is -0.470 e. The van der Waals surface area contributed by atoms with Crippen LogP contribution < -0.4 is 15.4 Å². The Morgan fingerprint density at radius 2 is 1.66 bits per heavy atom. The van der Waals surface area contributed by atoms with E-state index in [0.29, 0.717) is 10.7 Å². The largest absolute Gasteiger partial charge is 0.470 e. The van der Waals surface area contributed by atoms with Gasteiger partial charge in [-0.05, 0) is 29.1 Å². The normalized spacial score (nSPS) is 10.5. The zero-order valence-electron chi connectivity index (χ0n) is 15.3. The quantitative estimate of drug-likeness (QED) is 0.460. The van der Waals surface area contributed by atoms with E-state index >= 15 is 0 Å². The average molecular weight is 405 g/mol. The van der Waals surface area contributed by atoms with E-state index < -0.39 is 6.03 Å². The molecule has 2 N–H and O–H groups in total. The highest BCUT2D eigenvalue weighted by Gasteiger charge is 2.12. The van der Waals surface area contributed by atoms with Gasteiger partial charge in [-0.2, -0.15) is 0 Å². The maximum atomic E-state index is 12.5. The molecule has 7 heteroatoms. The highest BCUT2D eigenvalue weighted by Crippen LogP contribution is 2.24. The molecule has 2 amide bonds. The minimum atomic E-state index is -0.432. The van der Waals surface area contributed by atoms with Gasteiger partial charge in [-0.15, -0.1) is 0 Å². The van der Waals surface area contributed by atoms with Crippen molar-refractivity contribution < 1.29 is 9.53 Å². The molecule has 29 heavy (non-hydrogen) atoms. The van der Waals surface area contributed by atoms with Gasteiger partial charge in [0.2, 0.25) is 0 Å². The van der Waals surface area contributed by atoms with Crippen LogP contribution in [0.2, 0.25) is 5.02 Å². The summed E-state index contributed by atoms with van der Waals surface area (Å²) >= 11 is 5.90. The van der Waals surface area contributed by atoms with Crippen molar-refractivity contribution in [1.29, 1.82) is 0 Å². The Kier molecular flexibility index (Phi) is 5.54. The van der Waals surface area contributed by atoms with Crippen molar-refractivity contribution in [2.45, 2.75) is 6.61 Å². The number of ether oxygens (including phenoxy) is 1. The standard InChI is InChI=1S/C22H17ClN4O2/c23-17-10-8-15(9-11-17)14-29-21-20(24-12-13-25-21)27-22(28)26-19-7-3-5-16-4-1-2-6-18(16)19/h1-13H,14H2,(H2,24,26,27,28). The lowest BCUT2D eigenvalue weighted by Gasteiger charge is -2.12. The van der Waals surface area contributed by atoms with Crippen LogP contribution in [0.15, 0.2) is 79.1 Å². The van der Waals surface area contributed by atoms with Crippen LogP contribution in [-0.2, 0) is 6.61 Å². The summed E-state index contributed by atoms with van der Waals surface area (Å²) < 4.78 is 5.73. The molecule has 1 heterocycles. The van der Waals surface area contributed by atoms with Crippen molar-refractivity contribution >= 4 is 39.9 Å². The molecule has 0 unspecified atom stereocenters. The molecule has 0 saturated carbocycles. The molecule has 0 aliphatic carbocycles.